The van der Waals surface area contributed by atoms with E-state index in [4.69, 9.17) is 4.74 Å². The van der Waals surface area contributed by atoms with E-state index >= 15 is 0 Å². The quantitative estimate of drug-likeness (QED) is 0.185. The molecule has 0 aliphatic carbocycles. The molecule has 0 spiro atoms. The Morgan fingerprint density at radius 2 is 1.58 bits per heavy atom. The number of rotatable bonds is 11. The van der Waals surface area contributed by atoms with Crippen LogP contribution in [0, 0.1) is 5.82 Å². The van der Waals surface area contributed by atoms with Gasteiger partial charge in [-0.3, -0.25) is 9.59 Å². The summed E-state index contributed by atoms with van der Waals surface area (Å²) in [5.74, 6) is -1.84. The normalized spacial score (nSPS) is 14.9. The van der Waals surface area contributed by atoms with Gasteiger partial charge in [0, 0.05) is 36.1 Å². The van der Waals surface area contributed by atoms with E-state index in [0.717, 1.165) is 12.0 Å². The molecule has 4 aromatic rings. The predicted molar refractivity (Wildman–Crippen MR) is 172 cm³/mol. The fourth-order valence-corrected chi connectivity index (χ4v) is 6.01. The minimum atomic E-state index is -0.615. The Bertz CT molecular complexity index is 1650. The van der Waals surface area contributed by atoms with Gasteiger partial charge in [-0.05, 0) is 66.8 Å². The lowest BCUT2D eigenvalue weighted by molar-refractivity contribution is -0.140. The van der Waals surface area contributed by atoms with Gasteiger partial charge >= 0.3 is 5.97 Å². The number of esters is 1. The molecular formula is C38H37FN2O4. The van der Waals surface area contributed by atoms with Gasteiger partial charge in [0.15, 0.2) is 0 Å². The van der Waals surface area contributed by atoms with Gasteiger partial charge in [-0.15, -0.1) is 0 Å². The van der Waals surface area contributed by atoms with Crippen molar-refractivity contribution < 1.29 is 23.5 Å². The maximum absolute atomic E-state index is 14.1. The number of carbonyl (C=O) groups excluding carboxylic acids is 3. The topological polar surface area (TPSA) is 75.7 Å². The Hall–Kier alpha value is -5.04. The first kappa shape index (κ1) is 31.4. The van der Waals surface area contributed by atoms with Gasteiger partial charge in [0.2, 0.25) is 5.91 Å². The summed E-state index contributed by atoms with van der Waals surface area (Å²) in [5, 5.41) is 3.06. The van der Waals surface area contributed by atoms with Crippen molar-refractivity contribution >= 4 is 17.8 Å². The van der Waals surface area contributed by atoms with Crippen LogP contribution in [-0.4, -0.2) is 35.8 Å². The molecule has 0 fully saturated rings. The molecular weight excluding hydrogens is 567 g/mol. The molecule has 1 N–H and O–H groups in total. The molecule has 4 aromatic carbocycles. The summed E-state index contributed by atoms with van der Waals surface area (Å²) in [4.78, 5) is 41.3. The van der Waals surface area contributed by atoms with Crippen molar-refractivity contribution in [3.63, 3.8) is 0 Å². The number of nitrogens with zero attached hydrogens (tertiary/aromatic N) is 1. The number of hydrogen-bond donors (Lipinski definition) is 1. The van der Waals surface area contributed by atoms with Crippen molar-refractivity contribution in [2.24, 2.45) is 0 Å². The van der Waals surface area contributed by atoms with Crippen LogP contribution in [0.25, 0.3) is 0 Å². The van der Waals surface area contributed by atoms with Crippen LogP contribution >= 0.6 is 0 Å². The van der Waals surface area contributed by atoms with Crippen LogP contribution in [0.2, 0.25) is 0 Å². The lowest BCUT2D eigenvalue weighted by atomic mass is 9.83. The monoisotopic (exact) mass is 604 g/mol. The molecule has 1 heterocycles. The fourth-order valence-electron chi connectivity index (χ4n) is 6.01. The first-order chi connectivity index (χ1) is 21.9. The average molecular weight is 605 g/mol. The van der Waals surface area contributed by atoms with Crippen LogP contribution in [0.4, 0.5) is 4.39 Å². The number of benzene rings is 4. The predicted octanol–water partition coefficient (Wildman–Crippen LogP) is 7.13. The Balaban J connectivity index is 1.31. The maximum Gasteiger partial charge on any atom is 0.336 e. The molecule has 1 atom stereocenters. The highest BCUT2D eigenvalue weighted by molar-refractivity contribution is 5.96. The summed E-state index contributed by atoms with van der Waals surface area (Å²) in [5.41, 5.74) is 4.95. The summed E-state index contributed by atoms with van der Waals surface area (Å²) >= 11 is 0. The number of amides is 2. The molecule has 0 saturated carbocycles. The Labute approximate surface area is 263 Å². The molecule has 1 aliphatic rings. The Morgan fingerprint density at radius 3 is 2.22 bits per heavy atom. The Morgan fingerprint density at radius 1 is 0.911 bits per heavy atom. The van der Waals surface area contributed by atoms with E-state index in [2.05, 4.69) is 29.6 Å². The lowest BCUT2D eigenvalue weighted by Gasteiger charge is -2.34. The van der Waals surface area contributed by atoms with Crippen molar-refractivity contribution in [2.75, 3.05) is 13.2 Å². The third kappa shape index (κ3) is 7.55. The first-order valence-corrected chi connectivity index (χ1v) is 15.3. The zero-order chi connectivity index (χ0) is 31.8. The van der Waals surface area contributed by atoms with Gasteiger partial charge in [-0.25, -0.2) is 9.18 Å². The van der Waals surface area contributed by atoms with Gasteiger partial charge in [0.25, 0.3) is 5.91 Å². The van der Waals surface area contributed by atoms with E-state index in [1.54, 1.807) is 49.1 Å². The second-order valence-electron chi connectivity index (χ2n) is 11.1. The maximum atomic E-state index is 14.1. The van der Waals surface area contributed by atoms with Crippen molar-refractivity contribution in [1.29, 1.82) is 0 Å². The third-order valence-corrected chi connectivity index (χ3v) is 8.22. The van der Waals surface area contributed by atoms with Gasteiger partial charge in [-0.2, -0.15) is 0 Å². The van der Waals surface area contributed by atoms with Crippen LogP contribution < -0.4 is 5.32 Å². The van der Waals surface area contributed by atoms with E-state index in [1.165, 1.54) is 23.3 Å². The first-order valence-electron chi connectivity index (χ1n) is 15.3. The molecule has 2 amide bonds. The van der Waals surface area contributed by atoms with E-state index in [-0.39, 0.29) is 37.3 Å². The molecule has 0 saturated heterocycles. The minimum absolute atomic E-state index is 0.000880. The van der Waals surface area contributed by atoms with Gasteiger partial charge < -0.3 is 15.0 Å². The molecule has 230 valence electrons. The summed E-state index contributed by atoms with van der Waals surface area (Å²) < 4.78 is 19.4. The second-order valence-corrected chi connectivity index (χ2v) is 11.1. The van der Waals surface area contributed by atoms with Gasteiger partial charge in [0.1, 0.15) is 5.82 Å². The highest BCUT2D eigenvalue weighted by Crippen LogP contribution is 2.38. The van der Waals surface area contributed by atoms with Gasteiger partial charge in [0.05, 0.1) is 18.7 Å². The number of hydrogen-bond acceptors (Lipinski definition) is 4. The highest BCUT2D eigenvalue weighted by atomic mass is 19.1. The van der Waals surface area contributed by atoms with Gasteiger partial charge in [-0.1, -0.05) is 84.9 Å². The minimum Gasteiger partial charge on any atom is -0.463 e. The molecule has 6 nitrogen and oxygen atoms in total. The largest absolute Gasteiger partial charge is 0.463 e. The number of carbonyl (C=O) groups is 3. The highest BCUT2D eigenvalue weighted by Gasteiger charge is 2.37. The Kier molecular flexibility index (Phi) is 10.2. The smallest absolute Gasteiger partial charge is 0.336 e. The van der Waals surface area contributed by atoms with Crippen LogP contribution in [-0.2, 0) is 20.9 Å². The standard InChI is InChI=1S/C38H37FN2O4/c1-3-45-38(44)36-26(2)41(35(42)24-34(36)30-17-11-19-32(39)23-30)25-27-12-10-18-31(22-27)37(43)40-21-20-33(28-13-6-4-7-14-28)29-15-8-5-9-16-29/h4-19,22-23,33-34H,3,20-21,24-25H2,1-2H3,(H,40,43). The van der Waals surface area contributed by atoms with Crippen molar-refractivity contribution in [2.45, 2.75) is 45.1 Å². The second kappa shape index (κ2) is 14.6. The molecule has 0 radical (unpaired) electrons. The number of nitrogens with one attached hydrogen (secondary N) is 1. The van der Waals surface area contributed by atoms with Crippen molar-refractivity contribution in [1.82, 2.24) is 10.2 Å². The molecule has 0 bridgehead atoms. The average Bonchev–Trinajstić information content (AvgIpc) is 3.05. The van der Waals surface area contributed by atoms with Crippen molar-refractivity contribution in [3.05, 3.63) is 154 Å². The molecule has 1 aliphatic heterocycles. The molecule has 7 heteroatoms. The van der Waals surface area contributed by atoms with E-state index in [9.17, 15) is 18.8 Å². The summed E-state index contributed by atoms with van der Waals surface area (Å²) in [6.07, 6.45) is 0.730. The SMILES string of the molecule is CCOC(=O)C1=C(C)N(Cc2cccc(C(=O)NCCC(c3ccccc3)c3ccccc3)c2)C(=O)CC1c1cccc(F)c1. The molecule has 5 rings (SSSR count). The third-order valence-electron chi connectivity index (χ3n) is 8.22. The lowest BCUT2D eigenvalue weighted by Crippen LogP contribution is -2.38. The van der Waals surface area contributed by atoms with Crippen LogP contribution in [0.5, 0.6) is 0 Å². The molecule has 45 heavy (non-hydrogen) atoms. The summed E-state index contributed by atoms with van der Waals surface area (Å²) in [6.45, 7) is 4.26. The zero-order valence-electron chi connectivity index (χ0n) is 25.5. The molecule has 0 aromatic heterocycles. The summed E-state index contributed by atoms with van der Waals surface area (Å²) in [7, 11) is 0. The van der Waals surface area contributed by atoms with Crippen LogP contribution in [0.3, 0.4) is 0 Å². The number of halogens is 1. The number of allylic oxidation sites excluding steroid dienone is 1. The van der Waals surface area contributed by atoms with Crippen molar-refractivity contribution in [3.8, 4) is 0 Å². The zero-order valence-corrected chi connectivity index (χ0v) is 25.5. The fraction of sp³-hybridized carbons (Fsp3) is 0.237. The van der Waals surface area contributed by atoms with Crippen LogP contribution in [0.1, 0.15) is 71.1 Å². The van der Waals surface area contributed by atoms with E-state index in [1.807, 2.05) is 42.5 Å². The summed E-state index contributed by atoms with van der Waals surface area (Å²) in [6, 6.07) is 33.6. The van der Waals surface area contributed by atoms with Crippen LogP contribution in [0.15, 0.2) is 120 Å². The molecule has 1 unspecified atom stereocenters. The van der Waals surface area contributed by atoms with E-state index in [0.29, 0.717) is 28.9 Å². The number of ether oxygens (including phenoxy) is 1. The van der Waals surface area contributed by atoms with E-state index < -0.39 is 17.7 Å².